The molecule has 1 heterocycles. The van der Waals surface area contributed by atoms with Crippen LogP contribution in [0.25, 0.3) is 10.9 Å². The highest BCUT2D eigenvalue weighted by molar-refractivity contribution is 6.37. The highest BCUT2D eigenvalue weighted by atomic mass is 35.5. The van der Waals surface area contributed by atoms with E-state index in [0.29, 0.717) is 68.2 Å². The molecule has 7 nitrogen and oxygen atoms in total. The summed E-state index contributed by atoms with van der Waals surface area (Å²) in [6.07, 6.45) is 1.96. The molecule has 1 aromatic heterocycles. The molecule has 0 fully saturated rings. The molecule has 0 aliphatic heterocycles. The highest BCUT2D eigenvalue weighted by Crippen LogP contribution is 2.40. The number of aromatic nitrogens is 1. The lowest BCUT2D eigenvalue weighted by Gasteiger charge is -2.16. The minimum Gasteiger partial charge on any atom is -0.495 e. The molecule has 30 heavy (non-hydrogen) atoms. The second-order valence-corrected chi connectivity index (χ2v) is 7.01. The van der Waals surface area contributed by atoms with Gasteiger partial charge in [-0.15, -0.1) is 0 Å². The van der Waals surface area contributed by atoms with Gasteiger partial charge >= 0.3 is 0 Å². The van der Waals surface area contributed by atoms with Crippen LogP contribution in [0.2, 0.25) is 10.0 Å². The third kappa shape index (κ3) is 4.46. The molecular weight excluding hydrogens is 429 g/mol. The van der Waals surface area contributed by atoms with Gasteiger partial charge in [-0.1, -0.05) is 23.2 Å². The molecule has 0 amide bonds. The molecule has 0 atom stereocenters. The van der Waals surface area contributed by atoms with Crippen LogP contribution in [0.5, 0.6) is 17.2 Å². The summed E-state index contributed by atoms with van der Waals surface area (Å²) in [6.45, 7) is 0.360. The first-order valence-electron chi connectivity index (χ1n) is 8.97. The summed E-state index contributed by atoms with van der Waals surface area (Å²) < 4.78 is 16.4. The molecule has 0 aliphatic rings. The summed E-state index contributed by atoms with van der Waals surface area (Å²) in [5.41, 5.74) is 1.94. The number of anilines is 2. The van der Waals surface area contributed by atoms with Crippen molar-refractivity contribution in [1.82, 2.24) is 4.98 Å². The minimum atomic E-state index is 0.0268. The average Bonchev–Trinajstić information content (AvgIpc) is 2.75. The molecule has 0 aliphatic carbocycles. The highest BCUT2D eigenvalue weighted by Gasteiger charge is 2.16. The Morgan fingerprint density at radius 1 is 1.07 bits per heavy atom. The zero-order chi connectivity index (χ0) is 21.7. The van der Waals surface area contributed by atoms with Gasteiger partial charge in [0.2, 0.25) is 0 Å². The molecule has 0 spiro atoms. The van der Waals surface area contributed by atoms with E-state index in [9.17, 15) is 5.26 Å². The zero-order valence-electron chi connectivity index (χ0n) is 16.3. The van der Waals surface area contributed by atoms with Crippen LogP contribution in [0, 0.1) is 11.3 Å². The Balaban J connectivity index is 2.12. The fourth-order valence-corrected chi connectivity index (χ4v) is 3.36. The van der Waals surface area contributed by atoms with Gasteiger partial charge < -0.3 is 24.6 Å². The Bertz CT molecular complexity index is 1120. The van der Waals surface area contributed by atoms with Gasteiger partial charge in [0.15, 0.2) is 11.5 Å². The van der Waals surface area contributed by atoms with Crippen LogP contribution < -0.4 is 19.5 Å². The first-order chi connectivity index (χ1) is 14.5. The quantitative estimate of drug-likeness (QED) is 0.472. The van der Waals surface area contributed by atoms with Gasteiger partial charge in [0.25, 0.3) is 0 Å². The smallest absolute Gasteiger partial charge is 0.163 e. The number of aliphatic hydroxyl groups is 1. The number of fused-ring (bicyclic) bond motifs is 1. The normalized spacial score (nSPS) is 10.5. The standard InChI is InChI=1S/C21H19Cl2N3O4/c1-28-18-9-17(14(22)7-15(18)23)26-21-12(10-24)11-25-16-8-20(30-5-3-4-27)19(29-2)6-13(16)21/h6-9,11,27H,3-5H2,1-2H3,(H,25,26). The van der Waals surface area contributed by atoms with Crippen molar-refractivity contribution >= 4 is 45.5 Å². The van der Waals surface area contributed by atoms with Crippen LogP contribution >= 0.6 is 23.2 Å². The maximum Gasteiger partial charge on any atom is 0.163 e. The summed E-state index contributed by atoms with van der Waals surface area (Å²) >= 11 is 12.5. The molecule has 0 saturated carbocycles. The van der Waals surface area contributed by atoms with Gasteiger partial charge in [-0.2, -0.15) is 5.26 Å². The van der Waals surface area contributed by atoms with Gasteiger partial charge in [0, 0.05) is 36.7 Å². The number of methoxy groups -OCH3 is 2. The summed E-state index contributed by atoms with van der Waals surface area (Å²) in [7, 11) is 3.03. The van der Waals surface area contributed by atoms with Crippen LogP contribution in [0.3, 0.4) is 0 Å². The fourth-order valence-electron chi connectivity index (χ4n) is 2.85. The van der Waals surface area contributed by atoms with Gasteiger partial charge in [-0.3, -0.25) is 4.98 Å². The second-order valence-electron chi connectivity index (χ2n) is 6.20. The molecule has 0 saturated heterocycles. The Morgan fingerprint density at radius 3 is 2.50 bits per heavy atom. The van der Waals surface area contributed by atoms with Crippen molar-refractivity contribution in [3.63, 3.8) is 0 Å². The van der Waals surface area contributed by atoms with E-state index in [-0.39, 0.29) is 6.61 Å². The van der Waals surface area contributed by atoms with Crippen molar-refractivity contribution in [3.8, 4) is 23.3 Å². The number of benzene rings is 2. The topological polar surface area (TPSA) is 96.6 Å². The molecule has 156 valence electrons. The van der Waals surface area contributed by atoms with Gasteiger partial charge in [-0.25, -0.2) is 0 Å². The van der Waals surface area contributed by atoms with Gasteiger partial charge in [0.1, 0.15) is 11.8 Å². The van der Waals surface area contributed by atoms with E-state index in [4.69, 9.17) is 42.5 Å². The number of aliphatic hydroxyl groups excluding tert-OH is 1. The van der Waals surface area contributed by atoms with Crippen LogP contribution in [0.1, 0.15) is 12.0 Å². The van der Waals surface area contributed by atoms with Gasteiger partial charge in [-0.05, 0) is 12.1 Å². The number of pyridine rings is 1. The molecule has 3 aromatic rings. The molecule has 0 unspecified atom stereocenters. The summed E-state index contributed by atoms with van der Waals surface area (Å²) in [5.74, 6) is 1.41. The van der Waals surface area contributed by atoms with Crippen molar-refractivity contribution in [1.29, 1.82) is 5.26 Å². The van der Waals surface area contributed by atoms with E-state index in [1.165, 1.54) is 20.4 Å². The first kappa shape index (κ1) is 21.8. The van der Waals surface area contributed by atoms with Crippen molar-refractivity contribution < 1.29 is 19.3 Å². The van der Waals surface area contributed by atoms with Crippen LogP contribution in [-0.4, -0.2) is 37.5 Å². The lowest BCUT2D eigenvalue weighted by molar-refractivity contribution is 0.228. The largest absolute Gasteiger partial charge is 0.495 e. The van der Waals surface area contributed by atoms with Gasteiger partial charge in [0.05, 0.1) is 53.3 Å². The molecule has 2 N–H and O–H groups in total. The number of nitriles is 1. The Hall–Kier alpha value is -2.92. The number of halogens is 2. The number of nitrogens with zero attached hydrogens (tertiary/aromatic N) is 2. The lowest BCUT2D eigenvalue weighted by atomic mass is 10.1. The Labute approximate surface area is 183 Å². The number of rotatable bonds is 8. The number of ether oxygens (including phenoxy) is 3. The average molecular weight is 448 g/mol. The minimum absolute atomic E-state index is 0.0268. The van der Waals surface area contributed by atoms with Crippen molar-refractivity contribution in [2.45, 2.75) is 6.42 Å². The van der Waals surface area contributed by atoms with Crippen LogP contribution in [-0.2, 0) is 0 Å². The van der Waals surface area contributed by atoms with Crippen molar-refractivity contribution in [2.75, 3.05) is 32.8 Å². The van der Waals surface area contributed by atoms with Crippen LogP contribution in [0.15, 0.2) is 30.5 Å². The molecule has 0 radical (unpaired) electrons. The lowest BCUT2D eigenvalue weighted by Crippen LogP contribution is -2.03. The maximum atomic E-state index is 9.61. The fraction of sp³-hybridized carbons (Fsp3) is 0.238. The summed E-state index contributed by atoms with van der Waals surface area (Å²) in [4.78, 5) is 4.36. The SMILES string of the molecule is COc1cc(Nc2c(C#N)cnc3cc(OCCCO)c(OC)cc23)c(Cl)cc1Cl. The van der Waals surface area contributed by atoms with Crippen molar-refractivity contribution in [3.05, 3.63) is 46.1 Å². The Kier molecular flexibility index (Phi) is 7.06. The van der Waals surface area contributed by atoms with E-state index < -0.39 is 0 Å². The summed E-state index contributed by atoms with van der Waals surface area (Å²) in [6, 6.07) is 8.81. The summed E-state index contributed by atoms with van der Waals surface area (Å²) in [5, 5.41) is 23.2. The predicted octanol–water partition coefficient (Wildman–Crippen LogP) is 4.94. The number of nitrogens with one attached hydrogen (secondary N) is 1. The second kappa shape index (κ2) is 9.72. The predicted molar refractivity (Wildman–Crippen MR) is 117 cm³/mol. The van der Waals surface area contributed by atoms with E-state index in [1.807, 2.05) is 0 Å². The third-order valence-electron chi connectivity index (χ3n) is 4.33. The van der Waals surface area contributed by atoms with E-state index in [0.717, 1.165) is 0 Å². The number of hydrogen-bond donors (Lipinski definition) is 2. The molecular formula is C21H19Cl2N3O4. The number of hydrogen-bond acceptors (Lipinski definition) is 7. The van der Waals surface area contributed by atoms with E-state index >= 15 is 0 Å². The molecule has 3 rings (SSSR count). The Morgan fingerprint density at radius 2 is 1.83 bits per heavy atom. The van der Waals surface area contributed by atoms with E-state index in [2.05, 4.69) is 16.4 Å². The van der Waals surface area contributed by atoms with Crippen LogP contribution in [0.4, 0.5) is 11.4 Å². The molecule has 2 aromatic carbocycles. The van der Waals surface area contributed by atoms with E-state index in [1.54, 1.807) is 24.3 Å². The monoisotopic (exact) mass is 447 g/mol. The molecule has 9 heteroatoms. The van der Waals surface area contributed by atoms with Crippen molar-refractivity contribution in [2.24, 2.45) is 0 Å². The maximum absolute atomic E-state index is 9.61. The molecule has 0 bridgehead atoms. The zero-order valence-corrected chi connectivity index (χ0v) is 17.8. The first-order valence-corrected chi connectivity index (χ1v) is 9.72. The third-order valence-corrected chi connectivity index (χ3v) is 4.94.